The molecule has 2 N–H and O–H groups in total. The number of hydrogen-bond acceptors (Lipinski definition) is 7. The molecule has 1 unspecified atom stereocenters. The Morgan fingerprint density at radius 2 is 2.03 bits per heavy atom. The highest BCUT2D eigenvalue weighted by Gasteiger charge is 2.35. The van der Waals surface area contributed by atoms with Crippen molar-refractivity contribution in [2.45, 2.75) is 32.0 Å². The number of hydrogen-bond donors (Lipinski definition) is 2. The van der Waals surface area contributed by atoms with Gasteiger partial charge in [-0.25, -0.2) is 0 Å². The maximum atomic E-state index is 12.2. The van der Waals surface area contributed by atoms with Crippen LogP contribution < -0.4 is 10.6 Å². The molecular weight excluding hydrogens is 376 g/mol. The molecule has 0 radical (unpaired) electrons. The van der Waals surface area contributed by atoms with E-state index < -0.39 is 0 Å². The number of carbonyl (C=O) groups is 2. The molecule has 1 aromatic carbocycles. The fraction of sp³-hybridized carbons (Fsp3) is 0.579. The Kier molecular flexibility index (Phi) is 7.83. The zero-order chi connectivity index (χ0) is 20.5. The van der Waals surface area contributed by atoms with Crippen molar-refractivity contribution < 1.29 is 19.1 Å². The second-order valence-corrected chi connectivity index (χ2v) is 6.92. The van der Waals surface area contributed by atoms with E-state index in [0.717, 1.165) is 5.69 Å². The summed E-state index contributed by atoms with van der Waals surface area (Å²) in [7, 11) is 0. The molecule has 3 rings (SSSR count). The molecule has 10 nitrogen and oxygen atoms in total. The molecule has 0 spiro atoms. The SMILES string of the molecule is [N-]=[N+]=NCCOCCOCCNc1cccc2c1CN(C1CCC(=O)NC1=O)C2. The highest BCUT2D eigenvalue weighted by Crippen LogP contribution is 2.32. The number of ether oxygens (including phenoxy) is 2. The Hall–Kier alpha value is -2.65. The van der Waals surface area contributed by atoms with E-state index in [1.54, 1.807) is 0 Å². The summed E-state index contributed by atoms with van der Waals surface area (Å²) in [5.41, 5.74) is 11.6. The zero-order valence-electron chi connectivity index (χ0n) is 16.3. The van der Waals surface area contributed by atoms with Gasteiger partial charge in [0.05, 0.1) is 32.5 Å². The van der Waals surface area contributed by atoms with Crippen LogP contribution in [0.5, 0.6) is 0 Å². The first-order chi connectivity index (χ1) is 14.2. The Bertz CT molecular complexity index is 780. The number of nitrogens with zero attached hydrogens (tertiary/aromatic N) is 4. The molecule has 1 fully saturated rings. The molecular formula is C19H26N6O4. The van der Waals surface area contributed by atoms with Crippen molar-refractivity contribution in [3.63, 3.8) is 0 Å². The maximum Gasteiger partial charge on any atom is 0.243 e. The summed E-state index contributed by atoms with van der Waals surface area (Å²) in [6.07, 6.45) is 0.959. The van der Waals surface area contributed by atoms with Gasteiger partial charge in [0.1, 0.15) is 0 Å². The minimum Gasteiger partial charge on any atom is -0.382 e. The molecule has 10 heteroatoms. The van der Waals surface area contributed by atoms with Gasteiger partial charge in [-0.2, -0.15) is 0 Å². The summed E-state index contributed by atoms with van der Waals surface area (Å²) in [6.45, 7) is 4.26. The summed E-state index contributed by atoms with van der Waals surface area (Å²) in [6, 6.07) is 5.87. The minimum atomic E-state index is -0.255. The highest BCUT2D eigenvalue weighted by molar-refractivity contribution is 6.00. The molecule has 0 saturated carbocycles. The molecule has 1 atom stereocenters. The topological polar surface area (TPSA) is 129 Å². The van der Waals surface area contributed by atoms with Crippen molar-refractivity contribution in [1.82, 2.24) is 10.2 Å². The number of fused-ring (bicyclic) bond motifs is 1. The van der Waals surface area contributed by atoms with E-state index in [-0.39, 0.29) is 17.9 Å². The lowest BCUT2D eigenvalue weighted by Gasteiger charge is -2.29. The number of imide groups is 1. The van der Waals surface area contributed by atoms with E-state index in [2.05, 4.69) is 31.6 Å². The fourth-order valence-corrected chi connectivity index (χ4v) is 3.59. The standard InChI is InChI=1S/C19H26N6O4/c20-24-22-7-9-29-11-10-28-8-6-21-16-3-1-2-14-12-25(13-15(14)16)17-4-5-18(26)23-19(17)27/h1-3,17,21H,4-13H2,(H,23,26,27). The number of piperidine rings is 1. The predicted octanol–water partition coefficient (Wildman–Crippen LogP) is 1.56. The van der Waals surface area contributed by atoms with E-state index in [9.17, 15) is 9.59 Å². The monoisotopic (exact) mass is 402 g/mol. The van der Waals surface area contributed by atoms with Gasteiger partial charge in [-0.05, 0) is 29.1 Å². The normalized spacial score (nSPS) is 18.8. The molecule has 1 saturated heterocycles. The maximum absolute atomic E-state index is 12.2. The van der Waals surface area contributed by atoms with Gasteiger partial charge < -0.3 is 14.8 Å². The number of nitrogens with one attached hydrogen (secondary N) is 2. The number of azide groups is 1. The van der Waals surface area contributed by atoms with Crippen molar-refractivity contribution in [2.24, 2.45) is 5.11 Å². The van der Waals surface area contributed by atoms with Crippen LogP contribution in [0.2, 0.25) is 0 Å². The van der Waals surface area contributed by atoms with Crippen molar-refractivity contribution in [3.05, 3.63) is 39.8 Å². The lowest BCUT2D eigenvalue weighted by atomic mass is 10.0. The van der Waals surface area contributed by atoms with E-state index >= 15 is 0 Å². The number of benzene rings is 1. The second kappa shape index (κ2) is 10.8. The fourth-order valence-electron chi connectivity index (χ4n) is 3.59. The van der Waals surface area contributed by atoms with Gasteiger partial charge in [0.15, 0.2) is 0 Å². The van der Waals surface area contributed by atoms with Gasteiger partial charge in [-0.15, -0.1) is 0 Å². The number of rotatable bonds is 11. The first kappa shape index (κ1) is 21.1. The van der Waals surface area contributed by atoms with E-state index in [4.69, 9.17) is 15.0 Å². The van der Waals surface area contributed by atoms with Crippen molar-refractivity contribution in [1.29, 1.82) is 0 Å². The summed E-state index contributed by atoms with van der Waals surface area (Å²) in [5, 5.41) is 9.23. The largest absolute Gasteiger partial charge is 0.382 e. The van der Waals surface area contributed by atoms with Crippen LogP contribution in [0.3, 0.4) is 0 Å². The minimum absolute atomic E-state index is 0.189. The summed E-state index contributed by atoms with van der Waals surface area (Å²) < 4.78 is 10.8. The van der Waals surface area contributed by atoms with Crippen LogP contribution in [0.1, 0.15) is 24.0 Å². The number of anilines is 1. The first-order valence-electron chi connectivity index (χ1n) is 9.77. The van der Waals surface area contributed by atoms with E-state index in [0.29, 0.717) is 65.4 Å². The molecule has 1 aromatic rings. The van der Waals surface area contributed by atoms with Gasteiger partial charge >= 0.3 is 0 Å². The Morgan fingerprint density at radius 1 is 1.21 bits per heavy atom. The van der Waals surface area contributed by atoms with Gasteiger partial charge in [0.25, 0.3) is 0 Å². The summed E-state index contributed by atoms with van der Waals surface area (Å²) in [5.74, 6) is -0.384. The van der Waals surface area contributed by atoms with Crippen molar-refractivity contribution in [2.75, 3.05) is 44.8 Å². The zero-order valence-corrected chi connectivity index (χ0v) is 16.3. The van der Waals surface area contributed by atoms with Gasteiger partial charge in [0, 0.05) is 43.2 Å². The van der Waals surface area contributed by atoms with Crippen LogP contribution in [0.25, 0.3) is 10.4 Å². The quantitative estimate of drug-likeness (QED) is 0.190. The summed E-state index contributed by atoms with van der Waals surface area (Å²) in [4.78, 5) is 28.3. The smallest absolute Gasteiger partial charge is 0.243 e. The molecule has 2 aliphatic heterocycles. The third-order valence-corrected chi connectivity index (χ3v) is 4.99. The third-order valence-electron chi connectivity index (χ3n) is 4.99. The number of amides is 2. The van der Waals surface area contributed by atoms with Crippen molar-refractivity contribution >= 4 is 17.5 Å². The molecule has 2 aliphatic rings. The first-order valence-corrected chi connectivity index (χ1v) is 9.77. The third kappa shape index (κ3) is 5.91. The van der Waals surface area contributed by atoms with Crippen LogP contribution in [0.15, 0.2) is 23.3 Å². The lowest BCUT2D eigenvalue weighted by Crippen LogP contribution is -2.50. The van der Waals surface area contributed by atoms with Crippen LogP contribution in [-0.4, -0.2) is 62.3 Å². The molecule has 0 aromatic heterocycles. The van der Waals surface area contributed by atoms with Crippen molar-refractivity contribution in [3.8, 4) is 0 Å². The van der Waals surface area contributed by atoms with Crippen LogP contribution >= 0.6 is 0 Å². The highest BCUT2D eigenvalue weighted by atomic mass is 16.5. The molecule has 156 valence electrons. The predicted molar refractivity (Wildman–Crippen MR) is 106 cm³/mol. The Labute approximate surface area is 169 Å². The average Bonchev–Trinajstić information content (AvgIpc) is 3.14. The average molecular weight is 402 g/mol. The van der Waals surface area contributed by atoms with Crippen LogP contribution in [0, 0.1) is 0 Å². The number of carbonyl (C=O) groups excluding carboxylic acids is 2. The molecule has 0 aliphatic carbocycles. The molecule has 0 bridgehead atoms. The van der Waals surface area contributed by atoms with E-state index in [1.165, 1.54) is 11.1 Å². The Balaban J connectivity index is 1.40. The van der Waals surface area contributed by atoms with Gasteiger partial charge in [0.2, 0.25) is 11.8 Å². The Morgan fingerprint density at radius 3 is 2.83 bits per heavy atom. The van der Waals surface area contributed by atoms with Crippen LogP contribution in [0.4, 0.5) is 5.69 Å². The van der Waals surface area contributed by atoms with E-state index in [1.807, 2.05) is 12.1 Å². The summed E-state index contributed by atoms with van der Waals surface area (Å²) >= 11 is 0. The van der Waals surface area contributed by atoms with Gasteiger partial charge in [-0.1, -0.05) is 17.2 Å². The second-order valence-electron chi connectivity index (χ2n) is 6.92. The molecule has 2 amide bonds. The van der Waals surface area contributed by atoms with Gasteiger partial charge in [-0.3, -0.25) is 19.8 Å². The molecule has 29 heavy (non-hydrogen) atoms. The lowest BCUT2D eigenvalue weighted by molar-refractivity contribution is -0.137. The van der Waals surface area contributed by atoms with Crippen LogP contribution in [-0.2, 0) is 32.2 Å². The molecule has 2 heterocycles.